The molecule has 1 amide bonds. The number of carbonyl (C=O) groups is 1. The van der Waals surface area contributed by atoms with Crippen molar-refractivity contribution in [2.24, 2.45) is 0 Å². The highest BCUT2D eigenvalue weighted by atomic mass is 16.5. The van der Waals surface area contributed by atoms with Crippen LogP contribution in [0.15, 0.2) is 43.0 Å². The number of hydrogen-bond acceptors (Lipinski definition) is 6. The normalized spacial score (nSPS) is 20.3. The van der Waals surface area contributed by atoms with E-state index in [4.69, 9.17) is 9.47 Å². The van der Waals surface area contributed by atoms with Gasteiger partial charge in [-0.1, -0.05) is 6.07 Å². The van der Waals surface area contributed by atoms with Crippen LogP contribution in [-0.4, -0.2) is 62.7 Å². The molecule has 3 aromatic heterocycles. The maximum Gasteiger partial charge on any atom is 0.255 e. The Labute approximate surface area is 181 Å². The quantitative estimate of drug-likeness (QED) is 0.630. The molecule has 5 heterocycles. The zero-order chi connectivity index (χ0) is 21.0. The summed E-state index contributed by atoms with van der Waals surface area (Å²) in [4.78, 5) is 28.4. The van der Waals surface area contributed by atoms with Crippen LogP contribution in [0.25, 0.3) is 11.2 Å². The minimum absolute atomic E-state index is 0.0128. The number of nitrogens with zero attached hydrogens (tertiary/aromatic N) is 5. The fourth-order valence-electron chi connectivity index (χ4n) is 4.39. The van der Waals surface area contributed by atoms with Crippen LogP contribution >= 0.6 is 0 Å². The molecule has 2 aliphatic rings. The number of hydrogen-bond donors (Lipinski definition) is 0. The van der Waals surface area contributed by atoms with Gasteiger partial charge < -0.3 is 18.9 Å². The van der Waals surface area contributed by atoms with Gasteiger partial charge in [-0.3, -0.25) is 9.78 Å². The van der Waals surface area contributed by atoms with Gasteiger partial charge in [0.25, 0.3) is 5.91 Å². The number of ether oxygens (including phenoxy) is 2. The van der Waals surface area contributed by atoms with Gasteiger partial charge in [-0.05, 0) is 43.9 Å². The highest BCUT2D eigenvalue weighted by Gasteiger charge is 2.26. The van der Waals surface area contributed by atoms with Gasteiger partial charge in [0, 0.05) is 44.7 Å². The third kappa shape index (κ3) is 4.45. The van der Waals surface area contributed by atoms with Crippen molar-refractivity contribution in [3.05, 3.63) is 54.2 Å². The average molecular weight is 422 g/mol. The number of pyridine rings is 2. The molecule has 2 fully saturated rings. The molecule has 162 valence electrons. The summed E-state index contributed by atoms with van der Waals surface area (Å²) >= 11 is 0. The van der Waals surface area contributed by atoms with Crippen molar-refractivity contribution in [1.82, 2.24) is 24.4 Å². The highest BCUT2D eigenvalue weighted by molar-refractivity contribution is 5.96. The molecule has 31 heavy (non-hydrogen) atoms. The summed E-state index contributed by atoms with van der Waals surface area (Å²) in [5.74, 6) is -0.0128. The minimum Gasteiger partial charge on any atom is -0.381 e. The lowest BCUT2D eigenvalue weighted by molar-refractivity contribution is -0.00785. The first-order valence-electron chi connectivity index (χ1n) is 11.0. The monoisotopic (exact) mass is 421 g/mol. The molecule has 2 aliphatic heterocycles. The van der Waals surface area contributed by atoms with Crippen molar-refractivity contribution >= 4 is 17.1 Å². The molecule has 3 aromatic rings. The molecule has 0 radical (unpaired) electrons. The first-order chi connectivity index (χ1) is 15.3. The Morgan fingerprint density at radius 3 is 2.90 bits per heavy atom. The van der Waals surface area contributed by atoms with E-state index >= 15 is 0 Å². The number of fused-ring (bicyclic) bond motifs is 1. The van der Waals surface area contributed by atoms with Crippen molar-refractivity contribution in [2.75, 3.05) is 26.3 Å². The van der Waals surface area contributed by atoms with E-state index in [-0.39, 0.29) is 12.0 Å². The largest absolute Gasteiger partial charge is 0.381 e. The highest BCUT2D eigenvalue weighted by Crippen LogP contribution is 2.25. The van der Waals surface area contributed by atoms with Crippen LogP contribution in [0.5, 0.6) is 0 Å². The molecular formula is C23H27N5O3. The van der Waals surface area contributed by atoms with E-state index in [9.17, 15) is 4.79 Å². The molecule has 5 rings (SSSR count). The summed E-state index contributed by atoms with van der Waals surface area (Å²) in [7, 11) is 0. The lowest BCUT2D eigenvalue weighted by atomic mass is 10.1. The first-order valence-corrected chi connectivity index (χ1v) is 11.0. The molecule has 8 heteroatoms. The fraction of sp³-hybridized carbons (Fsp3) is 0.478. The summed E-state index contributed by atoms with van der Waals surface area (Å²) < 4.78 is 13.6. The fourth-order valence-corrected chi connectivity index (χ4v) is 4.39. The van der Waals surface area contributed by atoms with E-state index in [0.29, 0.717) is 24.8 Å². The van der Waals surface area contributed by atoms with Crippen molar-refractivity contribution < 1.29 is 14.3 Å². The van der Waals surface area contributed by atoms with Gasteiger partial charge in [-0.2, -0.15) is 0 Å². The van der Waals surface area contributed by atoms with Gasteiger partial charge in [-0.25, -0.2) is 9.97 Å². The molecule has 0 N–H and O–H groups in total. The molecule has 1 unspecified atom stereocenters. The second-order valence-corrected chi connectivity index (χ2v) is 8.21. The minimum atomic E-state index is -0.0128. The van der Waals surface area contributed by atoms with E-state index in [0.717, 1.165) is 62.3 Å². The smallest absolute Gasteiger partial charge is 0.255 e. The van der Waals surface area contributed by atoms with Gasteiger partial charge in [0.15, 0.2) is 5.65 Å². The standard InChI is InChI=1S/C23H27N5O3/c29-23(27-9-3-5-20(14-27)31-15-18-4-1-2-8-24-18)17-12-21-22(25-13-17)28(16-26-21)19-6-10-30-11-7-19/h1-2,4,8,12-13,16,19-20H,3,5-7,9-11,14-15H2. The molecule has 0 aromatic carbocycles. The number of likely N-dealkylation sites (tertiary alicyclic amines) is 1. The van der Waals surface area contributed by atoms with E-state index in [1.54, 1.807) is 12.4 Å². The van der Waals surface area contributed by atoms with E-state index in [1.807, 2.05) is 35.5 Å². The zero-order valence-corrected chi connectivity index (χ0v) is 17.5. The van der Waals surface area contributed by atoms with Gasteiger partial charge in [0.1, 0.15) is 5.52 Å². The molecule has 8 nitrogen and oxygen atoms in total. The van der Waals surface area contributed by atoms with Crippen LogP contribution in [0.4, 0.5) is 0 Å². The number of amides is 1. The Balaban J connectivity index is 1.25. The molecule has 0 aliphatic carbocycles. The van der Waals surface area contributed by atoms with Crippen molar-refractivity contribution in [3.63, 3.8) is 0 Å². The summed E-state index contributed by atoms with van der Waals surface area (Å²) in [6, 6.07) is 8.01. The Morgan fingerprint density at radius 2 is 2.06 bits per heavy atom. The van der Waals surface area contributed by atoms with Crippen LogP contribution < -0.4 is 0 Å². The van der Waals surface area contributed by atoms with Crippen LogP contribution in [0.1, 0.15) is 47.8 Å². The van der Waals surface area contributed by atoms with E-state index < -0.39 is 0 Å². The van der Waals surface area contributed by atoms with Crippen LogP contribution in [0.3, 0.4) is 0 Å². The lowest BCUT2D eigenvalue weighted by Crippen LogP contribution is -2.43. The molecular weight excluding hydrogens is 394 g/mol. The first kappa shape index (κ1) is 20.1. The summed E-state index contributed by atoms with van der Waals surface area (Å²) in [5, 5.41) is 0. The van der Waals surface area contributed by atoms with Gasteiger partial charge in [-0.15, -0.1) is 0 Å². The Hall–Kier alpha value is -2.84. The second-order valence-electron chi connectivity index (χ2n) is 8.21. The molecule has 2 saturated heterocycles. The van der Waals surface area contributed by atoms with Gasteiger partial charge >= 0.3 is 0 Å². The third-order valence-electron chi connectivity index (χ3n) is 6.10. The maximum atomic E-state index is 13.1. The second kappa shape index (κ2) is 9.11. The van der Waals surface area contributed by atoms with Crippen molar-refractivity contribution in [3.8, 4) is 0 Å². The topological polar surface area (TPSA) is 82.4 Å². The summed E-state index contributed by atoms with van der Waals surface area (Å²) in [5.41, 5.74) is 3.08. The zero-order valence-electron chi connectivity index (χ0n) is 17.5. The average Bonchev–Trinajstić information content (AvgIpc) is 3.27. The third-order valence-corrected chi connectivity index (χ3v) is 6.10. The molecule has 0 saturated carbocycles. The van der Waals surface area contributed by atoms with Crippen LogP contribution in [-0.2, 0) is 16.1 Å². The van der Waals surface area contributed by atoms with E-state index in [2.05, 4.69) is 19.5 Å². The van der Waals surface area contributed by atoms with E-state index in [1.165, 1.54) is 0 Å². The number of rotatable bonds is 5. The number of aromatic nitrogens is 4. The predicted octanol–water partition coefficient (Wildman–Crippen LogP) is 3.00. The summed E-state index contributed by atoms with van der Waals surface area (Å²) in [6.07, 6.45) is 9.09. The molecule has 0 spiro atoms. The van der Waals surface area contributed by atoms with Crippen LogP contribution in [0, 0.1) is 0 Å². The van der Waals surface area contributed by atoms with Crippen molar-refractivity contribution in [2.45, 2.75) is 44.4 Å². The van der Waals surface area contributed by atoms with Crippen LogP contribution in [0.2, 0.25) is 0 Å². The molecule has 1 atom stereocenters. The van der Waals surface area contributed by atoms with Crippen molar-refractivity contribution in [1.29, 1.82) is 0 Å². The molecule has 0 bridgehead atoms. The number of piperidine rings is 1. The number of carbonyl (C=O) groups excluding carboxylic acids is 1. The Kier molecular flexibility index (Phi) is 5.90. The van der Waals surface area contributed by atoms with Gasteiger partial charge in [0.05, 0.1) is 30.3 Å². The maximum absolute atomic E-state index is 13.1. The number of imidazole rings is 1. The Bertz CT molecular complexity index is 1030. The lowest BCUT2D eigenvalue weighted by Gasteiger charge is -2.32. The Morgan fingerprint density at radius 1 is 1.16 bits per heavy atom. The SMILES string of the molecule is O=C(c1cnc2c(c1)ncn2C1CCOCC1)N1CCCC(OCc2ccccn2)C1. The summed E-state index contributed by atoms with van der Waals surface area (Å²) in [6.45, 7) is 3.31. The predicted molar refractivity (Wildman–Crippen MR) is 115 cm³/mol. The van der Waals surface area contributed by atoms with Gasteiger partial charge in [0.2, 0.25) is 0 Å².